The van der Waals surface area contributed by atoms with Gasteiger partial charge in [-0.1, -0.05) is 13.8 Å². The maximum absolute atomic E-state index is 11.8. The SMILES string of the molecule is CCCN(c1cc(=O)[nH]c(CC)n1)C1CCC(N)CC1. The summed E-state index contributed by atoms with van der Waals surface area (Å²) < 4.78 is 0. The second kappa shape index (κ2) is 6.88. The number of rotatable bonds is 5. The van der Waals surface area contributed by atoms with E-state index in [-0.39, 0.29) is 5.56 Å². The Morgan fingerprint density at radius 3 is 2.65 bits per heavy atom. The first-order valence-electron chi connectivity index (χ1n) is 7.76. The molecule has 0 aromatic carbocycles. The smallest absolute Gasteiger partial charge is 0.252 e. The van der Waals surface area contributed by atoms with Gasteiger partial charge in [0.15, 0.2) is 0 Å². The van der Waals surface area contributed by atoms with Gasteiger partial charge in [0.2, 0.25) is 0 Å². The first-order valence-corrected chi connectivity index (χ1v) is 7.76. The number of aromatic amines is 1. The summed E-state index contributed by atoms with van der Waals surface area (Å²) in [5.41, 5.74) is 5.94. The molecule has 1 saturated carbocycles. The molecule has 2 rings (SSSR count). The maximum atomic E-state index is 11.8. The highest BCUT2D eigenvalue weighted by atomic mass is 16.1. The summed E-state index contributed by atoms with van der Waals surface area (Å²) in [6.45, 7) is 5.11. The van der Waals surface area contributed by atoms with Crippen molar-refractivity contribution in [1.29, 1.82) is 0 Å². The van der Waals surface area contributed by atoms with Crippen LogP contribution in [-0.4, -0.2) is 28.6 Å². The van der Waals surface area contributed by atoms with Gasteiger partial charge in [-0.3, -0.25) is 4.79 Å². The predicted molar refractivity (Wildman–Crippen MR) is 82.1 cm³/mol. The maximum Gasteiger partial charge on any atom is 0.252 e. The molecular formula is C15H26N4O. The Bertz CT molecular complexity index is 477. The standard InChI is InChI=1S/C15H26N4O/c1-3-9-19(12-7-5-11(16)6-8-12)14-10-15(20)18-13(4-2)17-14/h10-12H,3-9,16H2,1-2H3,(H,17,18,20). The molecule has 5 heteroatoms. The van der Waals surface area contributed by atoms with Crippen LogP contribution in [-0.2, 0) is 6.42 Å². The van der Waals surface area contributed by atoms with Crippen LogP contribution in [0.4, 0.5) is 5.82 Å². The van der Waals surface area contributed by atoms with Crippen molar-refractivity contribution in [3.63, 3.8) is 0 Å². The van der Waals surface area contributed by atoms with Gasteiger partial charge in [0.25, 0.3) is 5.56 Å². The van der Waals surface area contributed by atoms with Gasteiger partial charge in [-0.2, -0.15) is 0 Å². The molecule has 1 aromatic rings. The Morgan fingerprint density at radius 1 is 1.35 bits per heavy atom. The van der Waals surface area contributed by atoms with Crippen LogP contribution in [0.1, 0.15) is 51.8 Å². The van der Waals surface area contributed by atoms with E-state index >= 15 is 0 Å². The summed E-state index contributed by atoms with van der Waals surface area (Å²) in [5.74, 6) is 1.59. The molecule has 0 bridgehead atoms. The van der Waals surface area contributed by atoms with Crippen molar-refractivity contribution in [1.82, 2.24) is 9.97 Å². The van der Waals surface area contributed by atoms with Crippen molar-refractivity contribution >= 4 is 5.82 Å². The van der Waals surface area contributed by atoms with Crippen molar-refractivity contribution in [2.24, 2.45) is 5.73 Å². The van der Waals surface area contributed by atoms with Crippen LogP contribution in [0.15, 0.2) is 10.9 Å². The van der Waals surface area contributed by atoms with Gasteiger partial charge < -0.3 is 15.6 Å². The number of H-pyrrole nitrogens is 1. The highest BCUT2D eigenvalue weighted by molar-refractivity contribution is 5.39. The molecule has 0 saturated heterocycles. The minimum absolute atomic E-state index is 0.0551. The lowest BCUT2D eigenvalue weighted by Crippen LogP contribution is -2.42. The topological polar surface area (TPSA) is 75.0 Å². The largest absolute Gasteiger partial charge is 0.353 e. The van der Waals surface area contributed by atoms with E-state index in [9.17, 15) is 4.79 Å². The molecule has 0 amide bonds. The van der Waals surface area contributed by atoms with E-state index in [1.807, 2.05) is 6.92 Å². The van der Waals surface area contributed by atoms with Gasteiger partial charge >= 0.3 is 0 Å². The number of nitrogens with one attached hydrogen (secondary N) is 1. The van der Waals surface area contributed by atoms with Crippen molar-refractivity contribution in [3.8, 4) is 0 Å². The van der Waals surface area contributed by atoms with Gasteiger partial charge in [-0.15, -0.1) is 0 Å². The molecule has 0 atom stereocenters. The molecule has 0 aliphatic heterocycles. The summed E-state index contributed by atoms with van der Waals surface area (Å²) in [5, 5.41) is 0. The van der Waals surface area contributed by atoms with Crippen LogP contribution in [0, 0.1) is 0 Å². The zero-order valence-electron chi connectivity index (χ0n) is 12.6. The number of hydrogen-bond donors (Lipinski definition) is 2. The monoisotopic (exact) mass is 278 g/mol. The van der Waals surface area contributed by atoms with Crippen LogP contribution >= 0.6 is 0 Å². The first-order chi connectivity index (χ1) is 9.63. The summed E-state index contributed by atoms with van der Waals surface area (Å²) >= 11 is 0. The van der Waals surface area contributed by atoms with Crippen LogP contribution in [0.3, 0.4) is 0 Å². The molecule has 0 radical (unpaired) electrons. The van der Waals surface area contributed by atoms with Crippen LogP contribution in [0.2, 0.25) is 0 Å². The van der Waals surface area contributed by atoms with Gasteiger partial charge in [-0.05, 0) is 32.1 Å². The molecule has 5 nitrogen and oxygen atoms in total. The number of aromatic nitrogens is 2. The molecule has 1 aromatic heterocycles. The third-order valence-electron chi connectivity index (χ3n) is 4.05. The third kappa shape index (κ3) is 3.60. The molecule has 1 fully saturated rings. The van der Waals surface area contributed by atoms with E-state index < -0.39 is 0 Å². The van der Waals surface area contributed by atoms with Gasteiger partial charge in [0.1, 0.15) is 11.6 Å². The normalized spacial score (nSPS) is 22.8. The van der Waals surface area contributed by atoms with Crippen molar-refractivity contribution < 1.29 is 0 Å². The van der Waals surface area contributed by atoms with E-state index in [1.165, 1.54) is 0 Å². The molecule has 1 aliphatic carbocycles. The molecule has 3 N–H and O–H groups in total. The molecule has 1 heterocycles. The zero-order valence-corrected chi connectivity index (χ0v) is 12.6. The summed E-state index contributed by atoms with van der Waals surface area (Å²) in [6.07, 6.45) is 6.12. The fourth-order valence-electron chi connectivity index (χ4n) is 2.95. The van der Waals surface area contributed by atoms with Crippen LogP contribution < -0.4 is 16.2 Å². The Morgan fingerprint density at radius 2 is 2.05 bits per heavy atom. The predicted octanol–water partition coefficient (Wildman–Crippen LogP) is 1.82. The molecule has 112 valence electrons. The number of aryl methyl sites for hydroxylation is 1. The highest BCUT2D eigenvalue weighted by Gasteiger charge is 2.25. The molecule has 1 aliphatic rings. The minimum atomic E-state index is -0.0551. The van der Waals surface area contributed by atoms with Crippen molar-refractivity contribution in [2.45, 2.75) is 64.5 Å². The van der Waals surface area contributed by atoms with E-state index in [1.54, 1.807) is 6.07 Å². The molecular weight excluding hydrogens is 252 g/mol. The lowest BCUT2D eigenvalue weighted by Gasteiger charge is -2.36. The fourth-order valence-corrected chi connectivity index (χ4v) is 2.95. The first kappa shape index (κ1) is 15.0. The lowest BCUT2D eigenvalue weighted by molar-refractivity contribution is 0.373. The number of hydrogen-bond acceptors (Lipinski definition) is 4. The van der Waals surface area contributed by atoms with Crippen LogP contribution in [0.25, 0.3) is 0 Å². The van der Waals surface area contributed by atoms with Crippen molar-refractivity contribution in [2.75, 3.05) is 11.4 Å². The van der Waals surface area contributed by atoms with Crippen molar-refractivity contribution in [3.05, 3.63) is 22.2 Å². The van der Waals surface area contributed by atoms with E-state index in [2.05, 4.69) is 21.8 Å². The summed E-state index contributed by atoms with van der Waals surface area (Å²) in [6, 6.07) is 2.44. The number of nitrogens with two attached hydrogens (primary N) is 1. The highest BCUT2D eigenvalue weighted by Crippen LogP contribution is 2.25. The van der Waals surface area contributed by atoms with E-state index in [0.29, 0.717) is 12.1 Å². The Hall–Kier alpha value is -1.36. The molecule has 20 heavy (non-hydrogen) atoms. The zero-order chi connectivity index (χ0) is 14.5. The van der Waals surface area contributed by atoms with E-state index in [4.69, 9.17) is 5.73 Å². The molecule has 0 spiro atoms. The number of anilines is 1. The molecule has 0 unspecified atom stereocenters. The van der Waals surface area contributed by atoms with Gasteiger partial charge in [0.05, 0.1) is 0 Å². The quantitative estimate of drug-likeness (QED) is 0.861. The fraction of sp³-hybridized carbons (Fsp3) is 0.733. The average Bonchev–Trinajstić information content (AvgIpc) is 2.45. The summed E-state index contributed by atoms with van der Waals surface area (Å²) in [4.78, 5) is 21.5. The lowest BCUT2D eigenvalue weighted by atomic mass is 9.90. The van der Waals surface area contributed by atoms with Gasteiger partial charge in [-0.25, -0.2) is 4.98 Å². The Kier molecular flexibility index (Phi) is 5.17. The Labute approximate surface area is 120 Å². The third-order valence-corrected chi connectivity index (χ3v) is 4.05. The minimum Gasteiger partial charge on any atom is -0.353 e. The average molecular weight is 278 g/mol. The second-order valence-corrected chi connectivity index (χ2v) is 5.67. The number of nitrogens with zero attached hydrogens (tertiary/aromatic N) is 2. The Balaban J connectivity index is 2.23. The van der Waals surface area contributed by atoms with Gasteiger partial charge in [0, 0.05) is 31.1 Å². The van der Waals surface area contributed by atoms with Crippen LogP contribution in [0.5, 0.6) is 0 Å². The summed E-state index contributed by atoms with van der Waals surface area (Å²) in [7, 11) is 0. The second-order valence-electron chi connectivity index (χ2n) is 5.67. The van der Waals surface area contributed by atoms with E-state index in [0.717, 1.165) is 56.7 Å².